The molecule has 22 heavy (non-hydrogen) atoms. The van der Waals surface area contributed by atoms with Crippen molar-refractivity contribution >= 4 is 35.2 Å². The molecule has 1 heterocycles. The van der Waals surface area contributed by atoms with Crippen LogP contribution < -0.4 is 5.32 Å². The van der Waals surface area contributed by atoms with E-state index in [-0.39, 0.29) is 0 Å². The Kier molecular flexibility index (Phi) is 5.62. The van der Waals surface area contributed by atoms with Gasteiger partial charge < -0.3 is 4.74 Å². The van der Waals surface area contributed by atoms with E-state index in [9.17, 15) is 14.4 Å². The predicted octanol–water partition coefficient (Wildman–Crippen LogP) is 2.26. The lowest BCUT2D eigenvalue weighted by atomic mass is 10.2. The number of nitrogens with one attached hydrogen (secondary N) is 1. The summed E-state index contributed by atoms with van der Waals surface area (Å²) in [4.78, 5) is 34.7. The fraction of sp³-hybridized carbons (Fsp3) is 0.0625. The molecule has 0 fully saturated rings. The second-order valence-electron chi connectivity index (χ2n) is 4.24. The highest BCUT2D eigenvalue weighted by atomic mass is 32.1. The molecule has 0 atom stereocenters. The van der Waals surface area contributed by atoms with E-state index >= 15 is 0 Å². The number of amides is 2. The van der Waals surface area contributed by atoms with Crippen LogP contribution in [0.3, 0.4) is 0 Å². The predicted molar refractivity (Wildman–Crippen MR) is 83.2 cm³/mol. The van der Waals surface area contributed by atoms with Crippen molar-refractivity contribution in [2.75, 3.05) is 6.61 Å². The molecule has 0 bridgehead atoms. The van der Waals surface area contributed by atoms with Crippen LogP contribution in [0.4, 0.5) is 0 Å². The first-order valence-corrected chi connectivity index (χ1v) is 7.35. The second-order valence-corrected chi connectivity index (χ2v) is 5.02. The number of rotatable bonds is 5. The summed E-state index contributed by atoms with van der Waals surface area (Å²) in [5.41, 5.74) is 1.24. The lowest BCUT2D eigenvalue weighted by molar-refractivity contribution is -0.143. The summed E-state index contributed by atoms with van der Waals surface area (Å²) < 4.78 is 4.75. The van der Waals surface area contributed by atoms with Crippen LogP contribution in [0.15, 0.2) is 53.2 Å². The number of thiophene rings is 1. The van der Waals surface area contributed by atoms with Gasteiger partial charge >= 0.3 is 5.97 Å². The van der Waals surface area contributed by atoms with E-state index in [1.54, 1.807) is 36.4 Å². The molecule has 1 N–H and O–H groups in total. The highest BCUT2D eigenvalue weighted by molar-refractivity contribution is 7.08. The van der Waals surface area contributed by atoms with E-state index in [2.05, 4.69) is 5.32 Å². The molecule has 0 radical (unpaired) electrons. The molecule has 2 aromatic rings. The van der Waals surface area contributed by atoms with Gasteiger partial charge in [-0.15, -0.1) is 0 Å². The maximum Gasteiger partial charge on any atom is 0.331 e. The van der Waals surface area contributed by atoms with E-state index in [0.29, 0.717) is 5.56 Å². The third-order valence-corrected chi connectivity index (χ3v) is 3.29. The van der Waals surface area contributed by atoms with Crippen LogP contribution in [-0.4, -0.2) is 24.4 Å². The van der Waals surface area contributed by atoms with Gasteiger partial charge in [-0.3, -0.25) is 14.9 Å². The molecule has 5 nitrogen and oxygen atoms in total. The average molecular weight is 315 g/mol. The van der Waals surface area contributed by atoms with Crippen molar-refractivity contribution in [2.45, 2.75) is 0 Å². The number of imide groups is 1. The lowest BCUT2D eigenvalue weighted by Crippen LogP contribution is -2.33. The first kappa shape index (κ1) is 15.7. The molecule has 0 spiro atoms. The van der Waals surface area contributed by atoms with E-state index < -0.39 is 24.4 Å². The molecule has 0 aliphatic rings. The molecule has 2 rings (SSSR count). The molecule has 112 valence electrons. The van der Waals surface area contributed by atoms with Gasteiger partial charge in [0.2, 0.25) is 0 Å². The van der Waals surface area contributed by atoms with Gasteiger partial charge in [-0.2, -0.15) is 11.3 Å². The Labute approximate surface area is 131 Å². The highest BCUT2D eigenvalue weighted by Gasteiger charge is 2.11. The Morgan fingerprint density at radius 3 is 2.59 bits per heavy atom. The Hall–Kier alpha value is -2.73. The van der Waals surface area contributed by atoms with Crippen LogP contribution >= 0.6 is 11.3 Å². The molecule has 1 aromatic heterocycles. The van der Waals surface area contributed by atoms with Gasteiger partial charge in [0.1, 0.15) is 0 Å². The van der Waals surface area contributed by atoms with Crippen LogP contribution in [0.25, 0.3) is 6.08 Å². The number of esters is 1. The molecule has 0 saturated carbocycles. The first-order valence-electron chi connectivity index (χ1n) is 6.41. The van der Waals surface area contributed by atoms with Crippen LogP contribution in [0.5, 0.6) is 0 Å². The number of benzene rings is 1. The first-order chi connectivity index (χ1) is 10.6. The third-order valence-electron chi connectivity index (χ3n) is 2.59. The Morgan fingerprint density at radius 1 is 1.14 bits per heavy atom. The average Bonchev–Trinajstić information content (AvgIpc) is 3.05. The van der Waals surface area contributed by atoms with Gasteiger partial charge in [-0.1, -0.05) is 18.2 Å². The fourth-order valence-corrected chi connectivity index (χ4v) is 2.17. The standard InChI is InChI=1S/C16H13NO4S/c18-14(17-16(20)13-4-2-1-3-5-13)10-21-15(19)7-6-12-8-9-22-11-12/h1-9,11H,10H2,(H,17,18,20)/b7-6+. The quantitative estimate of drug-likeness (QED) is 0.678. The highest BCUT2D eigenvalue weighted by Crippen LogP contribution is 2.07. The van der Waals surface area contributed by atoms with E-state index in [1.807, 2.05) is 16.8 Å². The summed E-state index contributed by atoms with van der Waals surface area (Å²) in [6.45, 7) is -0.509. The fourth-order valence-electron chi connectivity index (χ4n) is 1.54. The number of carbonyl (C=O) groups is 3. The van der Waals surface area contributed by atoms with Crippen LogP contribution in [0, 0.1) is 0 Å². The molecule has 6 heteroatoms. The van der Waals surface area contributed by atoms with Crippen molar-refractivity contribution in [2.24, 2.45) is 0 Å². The molecular weight excluding hydrogens is 302 g/mol. The van der Waals surface area contributed by atoms with E-state index in [0.717, 1.165) is 5.56 Å². The molecule has 0 unspecified atom stereocenters. The summed E-state index contributed by atoms with van der Waals surface area (Å²) in [6, 6.07) is 10.2. The largest absolute Gasteiger partial charge is 0.452 e. The third kappa shape index (κ3) is 4.99. The van der Waals surface area contributed by atoms with Gasteiger partial charge in [0.15, 0.2) is 6.61 Å². The molecule has 2 amide bonds. The minimum Gasteiger partial charge on any atom is -0.452 e. The summed E-state index contributed by atoms with van der Waals surface area (Å²) in [6.07, 6.45) is 2.82. The van der Waals surface area contributed by atoms with Crippen molar-refractivity contribution in [3.05, 3.63) is 64.4 Å². The summed E-state index contributed by atoms with van der Waals surface area (Å²) in [7, 11) is 0. The van der Waals surface area contributed by atoms with Crippen molar-refractivity contribution in [1.29, 1.82) is 0 Å². The van der Waals surface area contributed by atoms with Crippen LogP contribution in [-0.2, 0) is 14.3 Å². The minimum absolute atomic E-state index is 0.361. The molecular formula is C16H13NO4S. The van der Waals surface area contributed by atoms with Crippen molar-refractivity contribution in [1.82, 2.24) is 5.32 Å². The van der Waals surface area contributed by atoms with Gasteiger partial charge in [0, 0.05) is 11.6 Å². The number of carbonyl (C=O) groups excluding carboxylic acids is 3. The lowest BCUT2D eigenvalue weighted by Gasteiger charge is -2.04. The van der Waals surface area contributed by atoms with Gasteiger partial charge in [0.05, 0.1) is 0 Å². The Bertz CT molecular complexity index is 677. The Morgan fingerprint density at radius 2 is 1.91 bits per heavy atom. The van der Waals surface area contributed by atoms with Crippen LogP contribution in [0.2, 0.25) is 0 Å². The molecule has 0 aliphatic carbocycles. The van der Waals surface area contributed by atoms with Gasteiger partial charge in [0.25, 0.3) is 11.8 Å². The second kappa shape index (κ2) is 7.90. The zero-order valence-corrected chi connectivity index (χ0v) is 12.3. The maximum absolute atomic E-state index is 11.7. The zero-order valence-electron chi connectivity index (χ0n) is 11.5. The number of ether oxygens (including phenoxy) is 1. The van der Waals surface area contributed by atoms with Gasteiger partial charge in [-0.05, 0) is 40.6 Å². The van der Waals surface area contributed by atoms with Crippen molar-refractivity contribution in [3.63, 3.8) is 0 Å². The normalized spacial score (nSPS) is 10.4. The summed E-state index contributed by atoms with van der Waals surface area (Å²) in [5, 5.41) is 5.90. The van der Waals surface area contributed by atoms with Crippen molar-refractivity contribution in [3.8, 4) is 0 Å². The topological polar surface area (TPSA) is 72.5 Å². The summed E-state index contributed by atoms with van der Waals surface area (Å²) in [5.74, 6) is -1.85. The minimum atomic E-state index is -0.675. The number of hydrogen-bond acceptors (Lipinski definition) is 5. The molecule has 1 aromatic carbocycles. The smallest absolute Gasteiger partial charge is 0.331 e. The van der Waals surface area contributed by atoms with Crippen LogP contribution in [0.1, 0.15) is 15.9 Å². The molecule has 0 aliphatic heterocycles. The van der Waals surface area contributed by atoms with E-state index in [4.69, 9.17) is 4.74 Å². The SMILES string of the molecule is O=C(COC(=O)/C=C/c1ccsc1)NC(=O)c1ccccc1. The monoisotopic (exact) mass is 315 g/mol. The Balaban J connectivity index is 1.75. The molecule has 0 saturated heterocycles. The van der Waals surface area contributed by atoms with E-state index in [1.165, 1.54) is 17.4 Å². The number of hydrogen-bond donors (Lipinski definition) is 1. The van der Waals surface area contributed by atoms with Crippen molar-refractivity contribution < 1.29 is 19.1 Å². The maximum atomic E-state index is 11.7. The van der Waals surface area contributed by atoms with Gasteiger partial charge in [-0.25, -0.2) is 4.79 Å². The zero-order chi connectivity index (χ0) is 15.8. The summed E-state index contributed by atoms with van der Waals surface area (Å²) >= 11 is 1.51.